The van der Waals surface area contributed by atoms with Gasteiger partial charge in [-0.25, -0.2) is 4.79 Å². The first kappa shape index (κ1) is 29.1. The second-order valence-corrected chi connectivity index (χ2v) is 13.6. The lowest BCUT2D eigenvalue weighted by atomic mass is 10.2. The monoisotopic (exact) mass is 617 g/mol. The summed E-state index contributed by atoms with van der Waals surface area (Å²) in [5.41, 5.74) is 3.41. The Hall–Kier alpha value is -3.65. The number of hydrogen-bond acceptors (Lipinski definition) is 10. The number of hydrogen-bond donors (Lipinski definition) is 2. The van der Waals surface area contributed by atoms with Gasteiger partial charge in [-0.3, -0.25) is 0 Å². The van der Waals surface area contributed by atoms with Crippen LogP contribution in [0.15, 0.2) is 48.5 Å². The van der Waals surface area contributed by atoms with Gasteiger partial charge in [-0.15, -0.1) is 0 Å². The lowest BCUT2D eigenvalue weighted by molar-refractivity contribution is 0.0897. The van der Waals surface area contributed by atoms with Gasteiger partial charge in [0.15, 0.2) is 5.82 Å². The van der Waals surface area contributed by atoms with Gasteiger partial charge in [0.25, 0.3) is 0 Å². The number of carbonyl (C=O) groups excluding carboxylic acids is 1. The molecule has 2 atom stereocenters. The van der Waals surface area contributed by atoms with Crippen molar-refractivity contribution in [3.8, 4) is 11.4 Å². The van der Waals surface area contributed by atoms with Crippen LogP contribution in [0.2, 0.25) is 0 Å². The number of benzene rings is 2. The molecule has 232 valence electrons. The average molecular weight is 618 g/mol. The van der Waals surface area contributed by atoms with Gasteiger partial charge < -0.3 is 39.5 Å². The van der Waals surface area contributed by atoms with E-state index in [2.05, 4.69) is 49.4 Å². The molecular formula is C31H39N9O3S. The molecule has 0 spiro atoms. The van der Waals surface area contributed by atoms with Crippen molar-refractivity contribution in [2.24, 2.45) is 0 Å². The largest absolute Gasteiger partial charge is 0.616 e. The van der Waals surface area contributed by atoms with Gasteiger partial charge in [0.1, 0.15) is 11.5 Å². The van der Waals surface area contributed by atoms with Crippen molar-refractivity contribution < 1.29 is 14.1 Å². The van der Waals surface area contributed by atoms with Crippen LogP contribution in [0.1, 0.15) is 12.8 Å². The van der Waals surface area contributed by atoms with E-state index in [1.54, 1.807) is 0 Å². The molecule has 13 heteroatoms. The third kappa shape index (κ3) is 6.41. The maximum atomic E-state index is 12.8. The van der Waals surface area contributed by atoms with E-state index in [0.717, 1.165) is 50.3 Å². The van der Waals surface area contributed by atoms with E-state index < -0.39 is 11.2 Å². The van der Waals surface area contributed by atoms with Crippen LogP contribution < -0.4 is 25.3 Å². The Labute approximate surface area is 261 Å². The molecule has 0 saturated carbocycles. The van der Waals surface area contributed by atoms with Crippen molar-refractivity contribution in [2.45, 2.75) is 24.9 Å². The number of amides is 2. The molecule has 44 heavy (non-hydrogen) atoms. The minimum Gasteiger partial charge on any atom is -0.616 e. The molecule has 5 heterocycles. The molecule has 2 amide bonds. The topological polar surface area (TPSA) is 125 Å². The number of piperazine rings is 1. The molecule has 4 saturated heterocycles. The third-order valence-electron chi connectivity index (χ3n) is 8.94. The third-order valence-corrected chi connectivity index (χ3v) is 10.2. The van der Waals surface area contributed by atoms with E-state index >= 15 is 0 Å². The molecule has 0 radical (unpaired) electrons. The first-order valence-corrected chi connectivity index (χ1v) is 16.9. The summed E-state index contributed by atoms with van der Waals surface area (Å²) < 4.78 is 17.8. The van der Waals surface area contributed by atoms with Gasteiger partial charge in [0, 0.05) is 48.8 Å². The number of morpholine rings is 1. The van der Waals surface area contributed by atoms with Crippen LogP contribution in [-0.2, 0) is 15.9 Å². The summed E-state index contributed by atoms with van der Waals surface area (Å²) >= 11 is -0.794. The summed E-state index contributed by atoms with van der Waals surface area (Å²) in [5.74, 6) is 3.10. The Bertz CT molecular complexity index is 1430. The van der Waals surface area contributed by atoms with Gasteiger partial charge in [0.05, 0.1) is 38.4 Å². The molecule has 2 bridgehead atoms. The van der Waals surface area contributed by atoms with Crippen LogP contribution in [0.3, 0.4) is 0 Å². The Morgan fingerprint density at radius 2 is 1.39 bits per heavy atom. The Morgan fingerprint density at radius 3 is 2.02 bits per heavy atom. The first-order valence-electron chi connectivity index (χ1n) is 15.4. The van der Waals surface area contributed by atoms with Gasteiger partial charge in [0.2, 0.25) is 11.9 Å². The Morgan fingerprint density at radius 1 is 0.795 bits per heavy atom. The molecule has 2 aromatic carbocycles. The Balaban J connectivity index is 1.04. The second kappa shape index (κ2) is 12.8. The summed E-state index contributed by atoms with van der Waals surface area (Å²) in [4.78, 5) is 36.6. The molecule has 2 unspecified atom stereocenters. The summed E-state index contributed by atoms with van der Waals surface area (Å²) in [6.45, 7) is 6.77. The highest BCUT2D eigenvalue weighted by molar-refractivity contribution is 7.91. The SMILES string of the molecule is CN1CCN(c2ccc(NC(=O)Nc3ccc(-c4nc(N5CC[S+]([O-])CC5)nc(N5C6CCC5COC6)n4)cc3)cc2)CC1. The van der Waals surface area contributed by atoms with E-state index in [1.165, 1.54) is 5.69 Å². The molecule has 0 aliphatic carbocycles. The van der Waals surface area contributed by atoms with Crippen molar-refractivity contribution in [3.63, 3.8) is 0 Å². The molecule has 2 N–H and O–H groups in total. The number of urea groups is 1. The van der Waals surface area contributed by atoms with Crippen molar-refractivity contribution in [2.75, 3.05) is 96.4 Å². The maximum Gasteiger partial charge on any atom is 0.323 e. The number of ether oxygens (including phenoxy) is 1. The van der Waals surface area contributed by atoms with Crippen molar-refractivity contribution >= 4 is 46.2 Å². The number of carbonyl (C=O) groups is 1. The van der Waals surface area contributed by atoms with Crippen molar-refractivity contribution in [1.82, 2.24) is 19.9 Å². The minimum absolute atomic E-state index is 0.263. The summed E-state index contributed by atoms with van der Waals surface area (Å²) in [5, 5.41) is 5.85. The number of rotatable bonds is 6. The molecule has 3 aromatic rings. The van der Waals surface area contributed by atoms with Gasteiger partial charge in [-0.2, -0.15) is 15.0 Å². The number of aromatic nitrogens is 3. The standard InChI is InChI=1S/C31H39N9O3S/c1-37-12-14-38(15-13-37)25-8-6-24(7-9-25)33-31(41)32-23-4-2-22(3-5-23)28-34-29(39-16-18-44(42)19-17-39)36-30(35-28)40-26-10-11-27(40)21-43-20-26/h2-9,26-27H,10-21H2,1H3,(H2,32,33,41). The quantitative estimate of drug-likeness (QED) is 0.399. The van der Waals surface area contributed by atoms with E-state index in [9.17, 15) is 9.35 Å². The summed E-state index contributed by atoms with van der Waals surface area (Å²) in [6.07, 6.45) is 2.12. The zero-order valence-corrected chi connectivity index (χ0v) is 25.8. The van der Waals surface area contributed by atoms with Gasteiger partial charge >= 0.3 is 6.03 Å². The van der Waals surface area contributed by atoms with Crippen LogP contribution in [-0.4, -0.2) is 114 Å². The van der Waals surface area contributed by atoms with Crippen molar-refractivity contribution in [3.05, 3.63) is 48.5 Å². The predicted molar refractivity (Wildman–Crippen MR) is 174 cm³/mol. The molecule has 12 nitrogen and oxygen atoms in total. The summed E-state index contributed by atoms with van der Waals surface area (Å²) in [6, 6.07) is 15.8. The van der Waals surface area contributed by atoms with E-state index in [0.29, 0.717) is 61.2 Å². The number of nitrogens with one attached hydrogen (secondary N) is 2. The fourth-order valence-corrected chi connectivity index (χ4v) is 7.40. The number of likely N-dealkylation sites (N-methyl/N-ethyl adjacent to an activating group) is 1. The molecule has 4 fully saturated rings. The van der Waals surface area contributed by atoms with E-state index in [1.807, 2.05) is 36.4 Å². The van der Waals surface area contributed by atoms with Gasteiger partial charge in [-0.05, 0) is 68.4 Å². The highest BCUT2D eigenvalue weighted by atomic mass is 32.2. The average Bonchev–Trinajstić information content (AvgIpc) is 3.30. The fourth-order valence-electron chi connectivity index (χ4n) is 6.35. The maximum absolute atomic E-state index is 12.8. The van der Waals surface area contributed by atoms with E-state index in [-0.39, 0.29) is 18.1 Å². The van der Waals surface area contributed by atoms with Crippen LogP contribution in [0.4, 0.5) is 33.8 Å². The number of nitrogens with zero attached hydrogens (tertiary/aromatic N) is 7. The molecule has 7 rings (SSSR count). The van der Waals surface area contributed by atoms with Gasteiger partial charge in [-0.1, -0.05) is 11.2 Å². The smallest absolute Gasteiger partial charge is 0.323 e. The lowest BCUT2D eigenvalue weighted by Gasteiger charge is -2.35. The highest BCUT2D eigenvalue weighted by Gasteiger charge is 2.39. The van der Waals surface area contributed by atoms with Crippen LogP contribution in [0, 0.1) is 0 Å². The molecule has 1 aromatic heterocycles. The summed E-state index contributed by atoms with van der Waals surface area (Å²) in [7, 11) is 2.15. The Kier molecular flexibility index (Phi) is 8.43. The predicted octanol–water partition coefficient (Wildman–Crippen LogP) is 2.87. The number of anilines is 5. The lowest BCUT2D eigenvalue weighted by Crippen LogP contribution is -2.47. The zero-order chi connectivity index (χ0) is 30.0. The molecule has 4 aliphatic heterocycles. The fraction of sp³-hybridized carbons (Fsp3) is 0.484. The van der Waals surface area contributed by atoms with Crippen molar-refractivity contribution in [1.29, 1.82) is 0 Å². The molecular weight excluding hydrogens is 578 g/mol. The van der Waals surface area contributed by atoms with Crippen LogP contribution in [0.5, 0.6) is 0 Å². The first-order chi connectivity index (χ1) is 21.5. The normalized spacial score (nSPS) is 22.7. The van der Waals surface area contributed by atoms with Crippen LogP contribution in [0.25, 0.3) is 11.4 Å². The number of fused-ring (bicyclic) bond motifs is 2. The van der Waals surface area contributed by atoms with E-state index in [4.69, 9.17) is 19.7 Å². The minimum atomic E-state index is -0.794. The zero-order valence-electron chi connectivity index (χ0n) is 25.0. The molecule has 4 aliphatic rings. The second-order valence-electron chi connectivity index (χ2n) is 11.9. The van der Waals surface area contributed by atoms with Crippen LogP contribution >= 0.6 is 0 Å². The highest BCUT2D eigenvalue weighted by Crippen LogP contribution is 2.34.